The Labute approximate surface area is 204 Å². The molecule has 1 aromatic heterocycles. The third kappa shape index (κ3) is 4.60. The maximum atomic E-state index is 11.9. The molecule has 0 aliphatic carbocycles. The number of carbonyl (C=O) groups is 1. The Morgan fingerprint density at radius 1 is 0.909 bits per heavy atom. The molecule has 33 heavy (non-hydrogen) atoms. The molecule has 0 amide bonds. The highest BCUT2D eigenvalue weighted by Crippen LogP contribution is 2.46. The molecule has 1 heterocycles. The number of alkyl halides is 1. The Kier molecular flexibility index (Phi) is 7.32. The van der Waals surface area contributed by atoms with Gasteiger partial charge in [0.15, 0.2) is 0 Å². The van der Waals surface area contributed by atoms with E-state index in [1.807, 2.05) is 54.6 Å². The molecule has 0 saturated heterocycles. The van der Waals surface area contributed by atoms with Crippen LogP contribution in [0.15, 0.2) is 102 Å². The van der Waals surface area contributed by atoms with Crippen LogP contribution < -0.4 is 0 Å². The predicted octanol–water partition coefficient (Wildman–Crippen LogP) is 5.73. The fourth-order valence-electron chi connectivity index (χ4n) is 3.83. The van der Waals surface area contributed by atoms with Gasteiger partial charge in [-0.1, -0.05) is 112 Å². The van der Waals surface area contributed by atoms with Crippen LogP contribution in [-0.2, 0) is 15.0 Å². The Bertz CT molecular complexity index is 1130. The van der Waals surface area contributed by atoms with Crippen molar-refractivity contribution in [2.75, 3.05) is 11.9 Å². The number of aliphatic carboxylic acids is 1. The van der Waals surface area contributed by atoms with E-state index >= 15 is 0 Å². The average molecular weight is 521 g/mol. The second-order valence-electron chi connectivity index (χ2n) is 7.15. The zero-order chi connectivity index (χ0) is 23.1. The molecule has 1 N–H and O–H groups in total. The normalized spacial score (nSPS) is 11.8. The maximum absolute atomic E-state index is 11.9. The van der Waals surface area contributed by atoms with Gasteiger partial charge in [0.25, 0.3) is 0 Å². The van der Waals surface area contributed by atoms with Crippen molar-refractivity contribution < 1.29 is 14.7 Å². The van der Waals surface area contributed by atoms with Gasteiger partial charge in [0.2, 0.25) is 5.71 Å². The molecule has 4 aromatic rings. The number of halogens is 1. The van der Waals surface area contributed by atoms with Crippen molar-refractivity contribution in [1.29, 1.82) is 0 Å². The maximum Gasteiger partial charge on any atom is 0.360 e. The summed E-state index contributed by atoms with van der Waals surface area (Å²) in [5.74, 6) is -1.19. The zero-order valence-electron chi connectivity index (χ0n) is 17.6. The van der Waals surface area contributed by atoms with Crippen LogP contribution in [-0.4, -0.2) is 33.7 Å². The highest BCUT2D eigenvalue weighted by atomic mass is 79.9. The van der Waals surface area contributed by atoms with Crippen LogP contribution in [0.1, 0.15) is 27.4 Å². The number of aromatic nitrogens is 1. The molecule has 7 heteroatoms. The Morgan fingerprint density at radius 3 is 1.82 bits per heavy atom. The van der Waals surface area contributed by atoms with E-state index in [0.717, 1.165) is 21.7 Å². The van der Waals surface area contributed by atoms with Crippen molar-refractivity contribution in [3.63, 3.8) is 0 Å². The van der Waals surface area contributed by atoms with E-state index in [0.29, 0.717) is 5.33 Å². The summed E-state index contributed by atoms with van der Waals surface area (Å²) < 4.78 is 0. The minimum absolute atomic E-state index is 0.221. The van der Waals surface area contributed by atoms with Gasteiger partial charge in [-0.3, -0.25) is 0 Å². The summed E-state index contributed by atoms with van der Waals surface area (Å²) in [6.07, 6.45) is 0. The lowest BCUT2D eigenvalue weighted by atomic mass is 9.70. The molecule has 0 aliphatic rings. The van der Waals surface area contributed by atoms with Gasteiger partial charge >= 0.3 is 5.97 Å². The van der Waals surface area contributed by atoms with Gasteiger partial charge in [-0.05, 0) is 16.7 Å². The molecule has 5 nitrogen and oxygen atoms in total. The van der Waals surface area contributed by atoms with Crippen LogP contribution in [0.4, 0.5) is 0 Å². The van der Waals surface area contributed by atoms with Crippen LogP contribution in [0.25, 0.3) is 0 Å². The summed E-state index contributed by atoms with van der Waals surface area (Å²) in [5, 5.41) is 16.6. The lowest BCUT2D eigenvalue weighted by molar-refractivity contribution is -0.129. The van der Waals surface area contributed by atoms with Crippen molar-refractivity contribution in [2.45, 2.75) is 5.41 Å². The van der Waals surface area contributed by atoms with Gasteiger partial charge in [-0.15, -0.1) is 11.3 Å². The molecular weight excluding hydrogens is 500 g/mol. The van der Waals surface area contributed by atoms with E-state index in [9.17, 15) is 9.90 Å². The highest BCUT2D eigenvalue weighted by Gasteiger charge is 2.41. The summed E-state index contributed by atoms with van der Waals surface area (Å²) in [7, 11) is 0. The number of benzene rings is 3. The number of thiazole rings is 1. The Balaban J connectivity index is 1.97. The first kappa shape index (κ1) is 22.9. The molecule has 0 fully saturated rings. The molecule has 0 atom stereocenters. The molecule has 3 aromatic carbocycles. The summed E-state index contributed by atoms with van der Waals surface area (Å²) in [6.45, 7) is 0.260. The van der Waals surface area contributed by atoms with Crippen LogP contribution in [0, 0.1) is 0 Å². The van der Waals surface area contributed by atoms with Gasteiger partial charge in [0.05, 0.1) is 5.41 Å². The van der Waals surface area contributed by atoms with Crippen LogP contribution in [0.3, 0.4) is 0 Å². The second-order valence-corrected chi connectivity index (χ2v) is 8.80. The highest BCUT2D eigenvalue weighted by molar-refractivity contribution is 9.09. The molecule has 0 radical (unpaired) electrons. The molecule has 4 rings (SSSR count). The van der Waals surface area contributed by atoms with Crippen molar-refractivity contribution in [2.24, 2.45) is 5.16 Å². The molecule has 0 spiro atoms. The van der Waals surface area contributed by atoms with Crippen molar-refractivity contribution in [1.82, 2.24) is 4.98 Å². The molecule has 0 saturated carbocycles. The Hall–Kier alpha value is -3.29. The molecular formula is C26H21BrN2O3S. The van der Waals surface area contributed by atoms with Crippen molar-refractivity contribution in [3.8, 4) is 0 Å². The second kappa shape index (κ2) is 10.6. The van der Waals surface area contributed by atoms with E-state index < -0.39 is 11.4 Å². The van der Waals surface area contributed by atoms with Crippen LogP contribution in [0.5, 0.6) is 0 Å². The largest absolute Gasteiger partial charge is 0.476 e. The minimum atomic E-state index is -1.19. The number of carboxylic acids is 1. The number of hydrogen-bond acceptors (Lipinski definition) is 5. The molecule has 0 aliphatic heterocycles. The van der Waals surface area contributed by atoms with E-state index in [2.05, 4.69) is 57.5 Å². The topological polar surface area (TPSA) is 71.8 Å². The number of carboxylic acid groups (broad SMARTS) is 1. The smallest absolute Gasteiger partial charge is 0.360 e. The first-order chi connectivity index (χ1) is 16.2. The SMILES string of the molecule is O=C(O)C(=NOCCBr)c1csc(C(c2ccccc2)(c2ccccc2)c2ccccc2)n1. The summed E-state index contributed by atoms with van der Waals surface area (Å²) >= 11 is 4.65. The van der Waals surface area contributed by atoms with E-state index in [1.165, 1.54) is 11.3 Å². The summed E-state index contributed by atoms with van der Waals surface area (Å²) in [5.41, 5.74) is 2.42. The van der Waals surface area contributed by atoms with Gasteiger partial charge < -0.3 is 9.94 Å². The van der Waals surface area contributed by atoms with E-state index in [-0.39, 0.29) is 18.0 Å². The first-order valence-corrected chi connectivity index (χ1v) is 12.3. The van der Waals surface area contributed by atoms with Crippen molar-refractivity contribution in [3.05, 3.63) is 124 Å². The molecule has 0 unspecified atom stereocenters. The molecule has 0 bridgehead atoms. The number of hydrogen-bond donors (Lipinski definition) is 1. The molecule has 166 valence electrons. The summed E-state index contributed by atoms with van der Waals surface area (Å²) in [4.78, 5) is 21.9. The van der Waals surface area contributed by atoms with Crippen molar-refractivity contribution >= 4 is 38.9 Å². The predicted molar refractivity (Wildman–Crippen MR) is 134 cm³/mol. The first-order valence-electron chi connectivity index (χ1n) is 10.3. The van der Waals surface area contributed by atoms with E-state index in [1.54, 1.807) is 5.38 Å². The van der Waals surface area contributed by atoms with Crippen LogP contribution in [0.2, 0.25) is 0 Å². The zero-order valence-corrected chi connectivity index (χ0v) is 20.0. The lowest BCUT2D eigenvalue weighted by Gasteiger charge is -2.34. The fourth-order valence-corrected chi connectivity index (χ4v) is 5.04. The Morgan fingerprint density at radius 2 is 1.39 bits per heavy atom. The van der Waals surface area contributed by atoms with Crippen LogP contribution >= 0.6 is 27.3 Å². The van der Waals surface area contributed by atoms with Gasteiger partial charge in [0, 0.05) is 10.7 Å². The number of rotatable bonds is 9. The van der Waals surface area contributed by atoms with Gasteiger partial charge in [-0.25, -0.2) is 9.78 Å². The van der Waals surface area contributed by atoms with Gasteiger partial charge in [-0.2, -0.15) is 0 Å². The number of nitrogens with zero attached hydrogens (tertiary/aromatic N) is 2. The van der Waals surface area contributed by atoms with E-state index in [4.69, 9.17) is 9.82 Å². The minimum Gasteiger partial charge on any atom is -0.476 e. The quantitative estimate of drug-likeness (QED) is 0.101. The van der Waals surface area contributed by atoms with Gasteiger partial charge in [0.1, 0.15) is 17.3 Å². The standard InChI is InChI=1S/C26H21BrN2O3S/c27-16-17-32-29-23(24(30)31)22-18-33-25(28-22)26(19-10-4-1-5-11-19,20-12-6-2-7-13-20)21-14-8-3-9-15-21/h1-15,18H,16-17H2,(H,30,31). The lowest BCUT2D eigenvalue weighted by Crippen LogP contribution is -2.31. The third-order valence-electron chi connectivity index (χ3n) is 5.21. The number of oxime groups is 1. The third-order valence-corrected chi connectivity index (χ3v) is 6.50. The average Bonchev–Trinajstić information content (AvgIpc) is 3.34. The summed E-state index contributed by atoms with van der Waals surface area (Å²) in [6, 6.07) is 30.4. The monoisotopic (exact) mass is 520 g/mol. The fraction of sp³-hybridized carbons (Fsp3) is 0.115.